The summed E-state index contributed by atoms with van der Waals surface area (Å²) < 4.78 is 4.89. The molecule has 1 aliphatic rings. The van der Waals surface area contributed by atoms with Gasteiger partial charge in [-0.2, -0.15) is 0 Å². The third kappa shape index (κ3) is 2.42. The van der Waals surface area contributed by atoms with Gasteiger partial charge in [-0.05, 0) is 13.3 Å². The maximum absolute atomic E-state index is 11.1. The molecule has 1 aliphatic heterocycles. The Hall–Kier alpha value is -1.10. The van der Waals surface area contributed by atoms with Gasteiger partial charge in [0.2, 0.25) is 5.91 Å². The van der Waals surface area contributed by atoms with Gasteiger partial charge in [0.05, 0.1) is 0 Å². The highest BCUT2D eigenvalue weighted by Gasteiger charge is 2.29. The Bertz CT molecular complexity index is 217. The number of ether oxygens (including phenoxy) is 1. The van der Waals surface area contributed by atoms with Gasteiger partial charge >= 0.3 is 6.03 Å². The largest absolute Gasteiger partial charge is 0.385 e. The molecule has 3 amide bonds. The molecule has 1 heterocycles. The van der Waals surface area contributed by atoms with Gasteiger partial charge in [-0.1, -0.05) is 0 Å². The Morgan fingerprint density at radius 2 is 2.31 bits per heavy atom. The molecule has 1 rings (SSSR count). The van der Waals surface area contributed by atoms with E-state index >= 15 is 0 Å². The number of imide groups is 1. The number of carbonyl (C=O) groups is 2. The topological polar surface area (TPSA) is 58.6 Å². The average Bonchev–Trinajstić information content (AvgIpc) is 2.41. The first-order valence-electron chi connectivity index (χ1n) is 4.24. The van der Waals surface area contributed by atoms with Crippen molar-refractivity contribution >= 4 is 11.9 Å². The van der Waals surface area contributed by atoms with E-state index in [9.17, 15) is 9.59 Å². The quantitative estimate of drug-likeness (QED) is 0.627. The first kappa shape index (κ1) is 9.98. The second kappa shape index (κ2) is 4.23. The lowest BCUT2D eigenvalue weighted by molar-refractivity contribution is -0.118. The monoisotopic (exact) mass is 186 g/mol. The molecule has 5 heteroatoms. The molecule has 1 N–H and O–H groups in total. The lowest BCUT2D eigenvalue weighted by Gasteiger charge is -2.21. The Balaban J connectivity index is 2.42. The third-order valence-electron chi connectivity index (χ3n) is 2.09. The van der Waals surface area contributed by atoms with Crippen LogP contribution in [0.4, 0.5) is 4.79 Å². The molecule has 0 radical (unpaired) electrons. The minimum absolute atomic E-state index is 0.0476. The summed E-state index contributed by atoms with van der Waals surface area (Å²) in [5.74, 6) is -0.228. The average molecular weight is 186 g/mol. The molecule has 1 fully saturated rings. The standard InChI is InChI=1S/C8H14N2O3/c1-6(3-4-13-2)10-5-7(11)9-8(10)12/h6H,3-5H2,1-2H3,(H,9,11,12). The molecule has 0 aliphatic carbocycles. The van der Waals surface area contributed by atoms with Crippen LogP contribution < -0.4 is 5.32 Å². The van der Waals surface area contributed by atoms with E-state index in [1.165, 1.54) is 4.90 Å². The van der Waals surface area contributed by atoms with E-state index in [1.54, 1.807) is 7.11 Å². The SMILES string of the molecule is COCCC(C)N1CC(=O)NC1=O. The second-order valence-electron chi connectivity index (χ2n) is 3.11. The van der Waals surface area contributed by atoms with Gasteiger partial charge in [-0.3, -0.25) is 10.1 Å². The first-order chi connectivity index (χ1) is 6.15. The minimum atomic E-state index is -0.298. The number of nitrogens with one attached hydrogen (secondary N) is 1. The highest BCUT2D eigenvalue weighted by atomic mass is 16.5. The van der Waals surface area contributed by atoms with Gasteiger partial charge in [0.1, 0.15) is 6.54 Å². The number of amides is 3. The normalized spacial score (nSPS) is 19.1. The lowest BCUT2D eigenvalue weighted by Crippen LogP contribution is -2.36. The maximum Gasteiger partial charge on any atom is 0.324 e. The molecule has 1 unspecified atom stereocenters. The van der Waals surface area contributed by atoms with Crippen molar-refractivity contribution in [1.82, 2.24) is 10.2 Å². The molecule has 0 bridgehead atoms. The van der Waals surface area contributed by atoms with Crippen LogP contribution in [-0.2, 0) is 9.53 Å². The van der Waals surface area contributed by atoms with E-state index in [0.29, 0.717) is 6.61 Å². The molecule has 13 heavy (non-hydrogen) atoms. The van der Waals surface area contributed by atoms with E-state index in [0.717, 1.165) is 6.42 Å². The molecular formula is C8H14N2O3. The molecule has 1 saturated heterocycles. The molecule has 0 aromatic rings. The molecule has 0 aromatic carbocycles. The molecule has 0 saturated carbocycles. The van der Waals surface area contributed by atoms with Crippen molar-refractivity contribution in [3.8, 4) is 0 Å². The van der Waals surface area contributed by atoms with Crippen molar-refractivity contribution in [3.63, 3.8) is 0 Å². The van der Waals surface area contributed by atoms with Gasteiger partial charge in [0.15, 0.2) is 0 Å². The summed E-state index contributed by atoms with van der Waals surface area (Å²) in [5.41, 5.74) is 0. The van der Waals surface area contributed by atoms with Crippen LogP contribution in [0, 0.1) is 0 Å². The van der Waals surface area contributed by atoms with E-state index in [1.807, 2.05) is 6.92 Å². The zero-order valence-corrected chi connectivity index (χ0v) is 7.87. The third-order valence-corrected chi connectivity index (χ3v) is 2.09. The fraction of sp³-hybridized carbons (Fsp3) is 0.750. The predicted octanol–water partition coefficient (Wildman–Crippen LogP) is -0.0368. The van der Waals surface area contributed by atoms with Crippen LogP contribution in [0.1, 0.15) is 13.3 Å². The number of carbonyl (C=O) groups excluding carboxylic acids is 2. The molecule has 0 aromatic heterocycles. The lowest BCUT2D eigenvalue weighted by atomic mass is 10.2. The fourth-order valence-corrected chi connectivity index (χ4v) is 1.26. The van der Waals surface area contributed by atoms with Crippen LogP contribution in [0.3, 0.4) is 0 Å². The number of nitrogens with zero attached hydrogens (tertiary/aromatic N) is 1. The van der Waals surface area contributed by atoms with Crippen LogP contribution in [0.2, 0.25) is 0 Å². The van der Waals surface area contributed by atoms with Crippen molar-refractivity contribution in [2.24, 2.45) is 0 Å². The van der Waals surface area contributed by atoms with Crippen LogP contribution in [0.15, 0.2) is 0 Å². The Morgan fingerprint density at radius 3 is 2.77 bits per heavy atom. The van der Waals surface area contributed by atoms with Crippen molar-refractivity contribution in [1.29, 1.82) is 0 Å². The Morgan fingerprint density at radius 1 is 1.62 bits per heavy atom. The molecule has 74 valence electrons. The Kier molecular flexibility index (Phi) is 3.25. The number of methoxy groups -OCH3 is 1. The second-order valence-corrected chi connectivity index (χ2v) is 3.11. The highest BCUT2D eigenvalue weighted by molar-refractivity contribution is 6.02. The first-order valence-corrected chi connectivity index (χ1v) is 4.24. The van der Waals surface area contributed by atoms with Crippen LogP contribution in [0.25, 0.3) is 0 Å². The molecule has 1 atom stereocenters. The highest BCUT2D eigenvalue weighted by Crippen LogP contribution is 2.07. The van der Waals surface area contributed by atoms with Gasteiger partial charge in [-0.25, -0.2) is 4.79 Å². The Labute approximate surface area is 77.0 Å². The van der Waals surface area contributed by atoms with Crippen LogP contribution >= 0.6 is 0 Å². The summed E-state index contributed by atoms with van der Waals surface area (Å²) in [6, 6.07) is -0.250. The maximum atomic E-state index is 11.1. The number of hydrogen-bond donors (Lipinski definition) is 1. The minimum Gasteiger partial charge on any atom is -0.385 e. The van der Waals surface area contributed by atoms with Crippen molar-refractivity contribution < 1.29 is 14.3 Å². The van der Waals surface area contributed by atoms with E-state index in [2.05, 4.69) is 5.32 Å². The summed E-state index contributed by atoms with van der Waals surface area (Å²) in [6.07, 6.45) is 0.747. The van der Waals surface area contributed by atoms with Crippen LogP contribution in [0.5, 0.6) is 0 Å². The molecule has 5 nitrogen and oxygen atoms in total. The smallest absolute Gasteiger partial charge is 0.324 e. The summed E-state index contributed by atoms with van der Waals surface area (Å²) in [5, 5.41) is 2.23. The van der Waals surface area contributed by atoms with Gasteiger partial charge in [0.25, 0.3) is 0 Å². The van der Waals surface area contributed by atoms with Gasteiger partial charge < -0.3 is 9.64 Å². The molecular weight excluding hydrogens is 172 g/mol. The summed E-state index contributed by atoms with van der Waals surface area (Å²) >= 11 is 0. The summed E-state index contributed by atoms with van der Waals surface area (Å²) in [7, 11) is 1.61. The van der Waals surface area contributed by atoms with Crippen molar-refractivity contribution in [2.45, 2.75) is 19.4 Å². The number of rotatable bonds is 4. The van der Waals surface area contributed by atoms with E-state index < -0.39 is 0 Å². The zero-order valence-electron chi connectivity index (χ0n) is 7.87. The summed E-state index contributed by atoms with van der Waals surface area (Å²) in [6.45, 7) is 2.67. The van der Waals surface area contributed by atoms with Crippen molar-refractivity contribution in [3.05, 3.63) is 0 Å². The van der Waals surface area contributed by atoms with E-state index in [4.69, 9.17) is 4.74 Å². The van der Waals surface area contributed by atoms with Crippen molar-refractivity contribution in [2.75, 3.05) is 20.3 Å². The van der Waals surface area contributed by atoms with Crippen LogP contribution in [-0.4, -0.2) is 43.1 Å². The van der Waals surface area contributed by atoms with Gasteiger partial charge in [-0.15, -0.1) is 0 Å². The zero-order chi connectivity index (χ0) is 9.84. The van der Waals surface area contributed by atoms with Gasteiger partial charge in [0, 0.05) is 19.8 Å². The number of urea groups is 1. The number of hydrogen-bond acceptors (Lipinski definition) is 3. The van der Waals surface area contributed by atoms with E-state index in [-0.39, 0.29) is 24.5 Å². The fourth-order valence-electron chi connectivity index (χ4n) is 1.26. The molecule has 0 spiro atoms. The summed E-state index contributed by atoms with van der Waals surface area (Å²) in [4.78, 5) is 23.5. The predicted molar refractivity (Wildman–Crippen MR) is 46.2 cm³/mol.